The third-order valence-electron chi connectivity index (χ3n) is 4.46. The lowest BCUT2D eigenvalue weighted by Gasteiger charge is -2.19. The lowest BCUT2D eigenvalue weighted by atomic mass is 10.2. The molecule has 1 N–H and O–H groups in total. The summed E-state index contributed by atoms with van der Waals surface area (Å²) in [5.74, 6) is -0.540. The first-order chi connectivity index (χ1) is 14.1. The molecule has 0 aliphatic rings. The van der Waals surface area contributed by atoms with Crippen molar-refractivity contribution < 1.29 is 8.60 Å². The van der Waals surface area contributed by atoms with Crippen LogP contribution < -0.4 is 4.72 Å². The minimum atomic E-state index is -1.51. The molecule has 4 nitrogen and oxygen atoms in total. The molecule has 0 amide bonds. The van der Waals surface area contributed by atoms with Gasteiger partial charge in [0.05, 0.1) is 25.2 Å². The molecule has 1 atom stereocenters. The predicted molar refractivity (Wildman–Crippen MR) is 128 cm³/mol. The number of rotatable bonds is 4. The van der Waals surface area contributed by atoms with Crippen molar-refractivity contribution in [2.24, 2.45) is 0 Å². The zero-order valence-electron chi connectivity index (χ0n) is 17.4. The van der Waals surface area contributed by atoms with Crippen LogP contribution in [0.4, 0.5) is 4.39 Å². The number of nitrogens with one attached hydrogen (secondary N) is 1. The second-order valence-electron chi connectivity index (χ2n) is 8.15. The van der Waals surface area contributed by atoms with Gasteiger partial charge in [0.25, 0.3) is 0 Å². The Bertz CT molecular complexity index is 1310. The largest absolute Gasteiger partial charge is 0.299 e. The summed E-state index contributed by atoms with van der Waals surface area (Å²) < 4.78 is 32.8. The highest BCUT2D eigenvalue weighted by Crippen LogP contribution is 2.36. The van der Waals surface area contributed by atoms with Crippen LogP contribution in [0.25, 0.3) is 32.0 Å². The van der Waals surface area contributed by atoms with Crippen molar-refractivity contribution in [2.45, 2.75) is 39.4 Å². The molecular formula is C22H22FN3OS3. The lowest BCUT2D eigenvalue weighted by molar-refractivity contribution is 0.644. The Labute approximate surface area is 185 Å². The maximum absolute atomic E-state index is 15.8. The molecule has 8 heteroatoms. The smallest absolute Gasteiger partial charge is 0.186 e. The van der Waals surface area contributed by atoms with Gasteiger partial charge in [0.1, 0.15) is 21.7 Å². The van der Waals surface area contributed by atoms with Crippen LogP contribution in [0.1, 0.15) is 41.9 Å². The number of benzene rings is 2. The van der Waals surface area contributed by atoms with Crippen molar-refractivity contribution in [3.05, 3.63) is 57.5 Å². The van der Waals surface area contributed by atoms with Crippen molar-refractivity contribution in [3.8, 4) is 0 Å². The van der Waals surface area contributed by atoms with Gasteiger partial charge >= 0.3 is 0 Å². The summed E-state index contributed by atoms with van der Waals surface area (Å²) in [6.45, 7) is 9.52. The van der Waals surface area contributed by atoms with Crippen LogP contribution in [0.5, 0.6) is 0 Å². The summed E-state index contributed by atoms with van der Waals surface area (Å²) in [4.78, 5) is 9.07. The number of aromatic nitrogens is 2. The molecule has 4 rings (SSSR count). The van der Waals surface area contributed by atoms with Crippen LogP contribution in [0.15, 0.2) is 36.4 Å². The third kappa shape index (κ3) is 4.17. The minimum Gasteiger partial charge on any atom is -0.299 e. The van der Waals surface area contributed by atoms with Crippen molar-refractivity contribution in [3.63, 3.8) is 0 Å². The second-order valence-corrected chi connectivity index (χ2v) is 12.2. The van der Waals surface area contributed by atoms with E-state index in [1.807, 2.05) is 71.0 Å². The highest BCUT2D eigenvalue weighted by atomic mass is 32.2. The molecule has 0 bridgehead atoms. The Balaban J connectivity index is 1.88. The molecule has 0 saturated heterocycles. The molecule has 30 heavy (non-hydrogen) atoms. The summed E-state index contributed by atoms with van der Waals surface area (Å²) in [7, 11) is -1.51. The molecule has 0 fully saturated rings. The van der Waals surface area contributed by atoms with Crippen molar-refractivity contribution in [1.29, 1.82) is 0 Å². The van der Waals surface area contributed by atoms with Gasteiger partial charge in [-0.05, 0) is 70.0 Å². The number of halogens is 1. The fourth-order valence-electron chi connectivity index (χ4n) is 2.80. The maximum atomic E-state index is 15.8. The van der Waals surface area contributed by atoms with Crippen LogP contribution in [0, 0.1) is 13.8 Å². The monoisotopic (exact) mass is 459 g/mol. The van der Waals surface area contributed by atoms with Crippen LogP contribution in [0.3, 0.4) is 0 Å². The molecule has 4 aromatic rings. The van der Waals surface area contributed by atoms with Gasteiger partial charge in [-0.1, -0.05) is 12.1 Å². The lowest BCUT2D eigenvalue weighted by Crippen LogP contribution is -2.32. The zero-order chi connectivity index (χ0) is 21.6. The number of hydrogen-bond donors (Lipinski definition) is 1. The molecule has 1 unspecified atom stereocenters. The van der Waals surface area contributed by atoms with Gasteiger partial charge in [-0.15, -0.1) is 22.7 Å². The van der Waals surface area contributed by atoms with E-state index >= 15 is 4.39 Å². The van der Waals surface area contributed by atoms with E-state index in [1.165, 1.54) is 22.7 Å². The highest BCUT2D eigenvalue weighted by molar-refractivity contribution is 7.84. The van der Waals surface area contributed by atoms with Gasteiger partial charge in [0, 0.05) is 0 Å². The number of aryl methyl sites for hydroxylation is 2. The second kappa shape index (κ2) is 7.83. The van der Waals surface area contributed by atoms with E-state index in [0.717, 1.165) is 31.6 Å². The van der Waals surface area contributed by atoms with Gasteiger partial charge in [-0.2, -0.15) is 0 Å². The molecule has 156 valence electrons. The molecule has 2 aromatic carbocycles. The Hall–Kier alpha value is -2.16. The third-order valence-corrected chi connectivity index (χ3v) is 8.01. The number of fused-ring (bicyclic) bond motifs is 2. The average Bonchev–Trinajstić information content (AvgIpc) is 3.27. The van der Waals surface area contributed by atoms with Crippen LogP contribution in [0.2, 0.25) is 0 Å². The number of hydrogen-bond acceptors (Lipinski definition) is 5. The van der Waals surface area contributed by atoms with Crippen molar-refractivity contribution in [1.82, 2.24) is 14.7 Å². The van der Waals surface area contributed by atoms with Crippen molar-refractivity contribution in [2.75, 3.05) is 0 Å². The predicted octanol–water partition coefficient (Wildman–Crippen LogP) is 6.37. The number of thiazole rings is 2. The summed E-state index contributed by atoms with van der Waals surface area (Å²) >= 11 is 2.66. The van der Waals surface area contributed by atoms with Gasteiger partial charge in [0.15, 0.2) is 10.8 Å². The Morgan fingerprint density at radius 2 is 1.43 bits per heavy atom. The SMILES string of the molecule is Cc1ccc2nc(/C(F)=C(\NS(=O)C(C)(C)C)c3nc4ccc(C)cc4s3)sc2c1. The van der Waals surface area contributed by atoms with Gasteiger partial charge < -0.3 is 0 Å². The Morgan fingerprint density at radius 3 is 1.97 bits per heavy atom. The molecule has 0 saturated carbocycles. The number of nitrogens with zero attached hydrogens (tertiary/aromatic N) is 2. The summed E-state index contributed by atoms with van der Waals surface area (Å²) in [5.41, 5.74) is 3.85. The molecule has 0 aliphatic heterocycles. The van der Waals surface area contributed by atoms with Crippen LogP contribution in [-0.2, 0) is 11.0 Å². The Kier molecular flexibility index (Phi) is 5.50. The fraction of sp³-hybridized carbons (Fsp3) is 0.273. The van der Waals surface area contributed by atoms with E-state index in [1.54, 1.807) is 0 Å². The Morgan fingerprint density at radius 1 is 0.933 bits per heavy atom. The molecule has 0 aliphatic carbocycles. The van der Waals surface area contributed by atoms with E-state index < -0.39 is 21.6 Å². The minimum absolute atomic E-state index is 0.123. The average molecular weight is 460 g/mol. The van der Waals surface area contributed by atoms with Gasteiger partial charge in [-0.25, -0.2) is 18.6 Å². The first-order valence-electron chi connectivity index (χ1n) is 9.45. The molecule has 0 spiro atoms. The maximum Gasteiger partial charge on any atom is 0.186 e. The van der Waals surface area contributed by atoms with E-state index in [9.17, 15) is 4.21 Å². The fourth-order valence-corrected chi connectivity index (χ4v) is 5.61. The van der Waals surface area contributed by atoms with Gasteiger partial charge in [0.2, 0.25) is 0 Å². The summed E-state index contributed by atoms with van der Waals surface area (Å²) in [6.07, 6.45) is 0. The molecule has 2 heterocycles. The van der Waals surface area contributed by atoms with E-state index in [0.29, 0.717) is 5.01 Å². The first-order valence-corrected chi connectivity index (χ1v) is 12.2. The molecule has 0 radical (unpaired) electrons. The van der Waals surface area contributed by atoms with E-state index in [4.69, 9.17) is 0 Å². The topological polar surface area (TPSA) is 54.9 Å². The van der Waals surface area contributed by atoms with E-state index in [2.05, 4.69) is 14.7 Å². The van der Waals surface area contributed by atoms with Crippen LogP contribution in [-0.4, -0.2) is 18.9 Å². The summed E-state index contributed by atoms with van der Waals surface area (Å²) in [5, 5.41) is 0.709. The van der Waals surface area contributed by atoms with Crippen molar-refractivity contribution >= 4 is 65.6 Å². The zero-order valence-corrected chi connectivity index (χ0v) is 19.8. The molecule has 2 aromatic heterocycles. The summed E-state index contributed by atoms with van der Waals surface area (Å²) in [6, 6.07) is 11.7. The normalized spacial score (nSPS) is 14.2. The molecular weight excluding hydrogens is 437 g/mol. The van der Waals surface area contributed by atoms with E-state index in [-0.39, 0.29) is 10.7 Å². The van der Waals surface area contributed by atoms with Gasteiger partial charge in [-0.3, -0.25) is 4.72 Å². The quantitative estimate of drug-likeness (QED) is 0.386. The standard InChI is InChI=1S/C22H22FN3OS3/c1-12-6-8-14-16(10-12)28-20(24-14)18(23)19(26-30(27)22(3,4)5)21-25-15-9-7-13(2)11-17(15)29-21/h6-11,26H,1-5H3/b19-18+. The highest BCUT2D eigenvalue weighted by Gasteiger charge is 2.26. The van der Waals surface area contributed by atoms with Crippen LogP contribution >= 0.6 is 22.7 Å². The first kappa shape index (κ1) is 21.1.